The Kier molecular flexibility index (Phi) is 3.56. The zero-order valence-corrected chi connectivity index (χ0v) is 7.93. The van der Waals surface area contributed by atoms with Crippen molar-refractivity contribution in [1.82, 2.24) is 4.98 Å². The third kappa shape index (κ3) is 3.22. The molecule has 0 unspecified atom stereocenters. The van der Waals surface area contributed by atoms with E-state index in [1.54, 1.807) is 0 Å². The summed E-state index contributed by atoms with van der Waals surface area (Å²) >= 11 is 0. The van der Waals surface area contributed by atoms with E-state index in [4.69, 9.17) is 5.11 Å². The maximum absolute atomic E-state index is 11.1. The van der Waals surface area contributed by atoms with E-state index in [1.807, 2.05) is 0 Å². The van der Waals surface area contributed by atoms with Gasteiger partial charge in [-0.15, -0.1) is 6.58 Å². The molecule has 0 saturated heterocycles. The number of pyridine rings is 1. The van der Waals surface area contributed by atoms with E-state index in [9.17, 15) is 9.59 Å². The summed E-state index contributed by atoms with van der Waals surface area (Å²) in [6.07, 6.45) is 2.99. The summed E-state index contributed by atoms with van der Waals surface area (Å²) in [6.45, 7) is 3.43. The Balaban J connectivity index is 2.68. The van der Waals surface area contributed by atoms with Crippen LogP contribution in [-0.4, -0.2) is 22.0 Å². The van der Waals surface area contributed by atoms with Gasteiger partial charge in [0.1, 0.15) is 5.69 Å². The van der Waals surface area contributed by atoms with Crippen molar-refractivity contribution >= 4 is 17.6 Å². The number of carboxylic acids is 1. The fraction of sp³-hybridized carbons (Fsp3) is 0.100. The quantitative estimate of drug-likeness (QED) is 0.727. The van der Waals surface area contributed by atoms with Gasteiger partial charge in [-0.25, -0.2) is 9.78 Å². The van der Waals surface area contributed by atoms with Crippen molar-refractivity contribution in [3.63, 3.8) is 0 Å². The second-order valence-electron chi connectivity index (χ2n) is 2.78. The lowest BCUT2D eigenvalue weighted by Crippen LogP contribution is -2.10. The molecule has 0 bridgehead atoms. The van der Waals surface area contributed by atoms with Gasteiger partial charge in [0.15, 0.2) is 0 Å². The number of carboxylic acid groups (broad SMARTS) is 1. The SMILES string of the molecule is C=CCC(=O)Nc1ccc(C(=O)O)nc1. The Hall–Kier alpha value is -2.17. The highest BCUT2D eigenvalue weighted by atomic mass is 16.4. The average molecular weight is 206 g/mol. The fourth-order valence-corrected chi connectivity index (χ4v) is 0.937. The lowest BCUT2D eigenvalue weighted by Gasteiger charge is -2.02. The lowest BCUT2D eigenvalue weighted by atomic mass is 10.3. The fourth-order valence-electron chi connectivity index (χ4n) is 0.937. The number of hydrogen-bond acceptors (Lipinski definition) is 3. The highest BCUT2D eigenvalue weighted by Gasteiger charge is 2.04. The third-order valence-electron chi connectivity index (χ3n) is 1.60. The molecule has 1 aromatic rings. The molecular weight excluding hydrogens is 196 g/mol. The van der Waals surface area contributed by atoms with Crippen molar-refractivity contribution in [3.8, 4) is 0 Å². The molecule has 5 nitrogen and oxygen atoms in total. The minimum absolute atomic E-state index is 0.0586. The molecule has 0 fully saturated rings. The number of amides is 1. The van der Waals surface area contributed by atoms with Crippen molar-refractivity contribution in [2.24, 2.45) is 0 Å². The highest BCUT2D eigenvalue weighted by Crippen LogP contribution is 2.06. The van der Waals surface area contributed by atoms with Crippen molar-refractivity contribution in [1.29, 1.82) is 0 Å². The predicted molar refractivity (Wildman–Crippen MR) is 54.6 cm³/mol. The zero-order valence-electron chi connectivity index (χ0n) is 7.93. The van der Waals surface area contributed by atoms with E-state index in [1.165, 1.54) is 24.4 Å². The van der Waals surface area contributed by atoms with Gasteiger partial charge in [0.2, 0.25) is 5.91 Å². The number of nitrogens with zero attached hydrogens (tertiary/aromatic N) is 1. The van der Waals surface area contributed by atoms with Crippen LogP contribution in [0.5, 0.6) is 0 Å². The molecule has 1 rings (SSSR count). The Morgan fingerprint density at radius 3 is 2.73 bits per heavy atom. The van der Waals surface area contributed by atoms with Gasteiger partial charge in [0.05, 0.1) is 11.9 Å². The first kappa shape index (κ1) is 10.9. The molecule has 5 heteroatoms. The summed E-state index contributed by atoms with van der Waals surface area (Å²) in [6, 6.07) is 2.81. The number of aromatic carboxylic acids is 1. The average Bonchev–Trinajstić information content (AvgIpc) is 2.18. The van der Waals surface area contributed by atoms with Crippen molar-refractivity contribution in [2.45, 2.75) is 6.42 Å². The largest absolute Gasteiger partial charge is 0.477 e. The number of nitrogens with one attached hydrogen (secondary N) is 1. The third-order valence-corrected chi connectivity index (χ3v) is 1.60. The van der Waals surface area contributed by atoms with Crippen LogP contribution in [0.25, 0.3) is 0 Å². The van der Waals surface area contributed by atoms with Crippen LogP contribution >= 0.6 is 0 Å². The van der Waals surface area contributed by atoms with Crippen LogP contribution < -0.4 is 5.32 Å². The van der Waals surface area contributed by atoms with Crippen LogP contribution in [0, 0.1) is 0 Å². The molecule has 0 aliphatic heterocycles. The summed E-state index contributed by atoms with van der Waals surface area (Å²) in [5.41, 5.74) is 0.406. The zero-order chi connectivity index (χ0) is 11.3. The molecule has 0 aliphatic rings. The predicted octanol–water partition coefficient (Wildman–Crippen LogP) is 1.29. The summed E-state index contributed by atoms with van der Waals surface area (Å²) < 4.78 is 0. The number of carbonyl (C=O) groups excluding carboxylic acids is 1. The van der Waals surface area contributed by atoms with E-state index in [-0.39, 0.29) is 18.0 Å². The molecular formula is C10H10N2O3. The van der Waals surface area contributed by atoms with Crippen LogP contribution in [0.2, 0.25) is 0 Å². The number of hydrogen-bond donors (Lipinski definition) is 2. The van der Waals surface area contributed by atoms with E-state index in [0.717, 1.165) is 0 Å². The first-order valence-corrected chi connectivity index (χ1v) is 4.23. The Morgan fingerprint density at radius 2 is 2.27 bits per heavy atom. The van der Waals surface area contributed by atoms with E-state index in [0.29, 0.717) is 5.69 Å². The second-order valence-corrected chi connectivity index (χ2v) is 2.78. The minimum atomic E-state index is -1.10. The van der Waals surface area contributed by atoms with E-state index >= 15 is 0 Å². The normalized spacial score (nSPS) is 9.33. The molecule has 0 aliphatic carbocycles. The second kappa shape index (κ2) is 4.90. The van der Waals surface area contributed by atoms with Crippen molar-refractivity contribution < 1.29 is 14.7 Å². The summed E-state index contributed by atoms with van der Waals surface area (Å²) in [7, 11) is 0. The standard InChI is InChI=1S/C10H10N2O3/c1-2-3-9(13)12-7-4-5-8(10(14)15)11-6-7/h2,4-6H,1,3H2,(H,12,13)(H,14,15). The van der Waals surface area contributed by atoms with Gasteiger partial charge >= 0.3 is 5.97 Å². The van der Waals surface area contributed by atoms with E-state index < -0.39 is 5.97 Å². The molecule has 1 amide bonds. The maximum Gasteiger partial charge on any atom is 0.354 e. The monoisotopic (exact) mass is 206 g/mol. The number of anilines is 1. The molecule has 0 aromatic carbocycles. The smallest absolute Gasteiger partial charge is 0.354 e. The van der Waals surface area contributed by atoms with Crippen LogP contribution in [-0.2, 0) is 4.79 Å². The Morgan fingerprint density at radius 1 is 1.53 bits per heavy atom. The van der Waals surface area contributed by atoms with Crippen LogP contribution in [0.15, 0.2) is 31.0 Å². The first-order chi connectivity index (χ1) is 7.13. The minimum Gasteiger partial charge on any atom is -0.477 e. The molecule has 0 saturated carbocycles. The Labute approximate surface area is 86.5 Å². The lowest BCUT2D eigenvalue weighted by molar-refractivity contribution is -0.115. The van der Waals surface area contributed by atoms with E-state index in [2.05, 4.69) is 16.9 Å². The van der Waals surface area contributed by atoms with Gasteiger partial charge in [-0.1, -0.05) is 6.08 Å². The van der Waals surface area contributed by atoms with Crippen molar-refractivity contribution in [3.05, 3.63) is 36.7 Å². The number of rotatable bonds is 4. The summed E-state index contributed by atoms with van der Waals surface area (Å²) in [5, 5.41) is 11.1. The molecule has 1 aromatic heterocycles. The van der Waals surface area contributed by atoms with Crippen LogP contribution in [0.4, 0.5) is 5.69 Å². The molecule has 78 valence electrons. The van der Waals surface area contributed by atoms with Gasteiger partial charge < -0.3 is 10.4 Å². The number of carbonyl (C=O) groups is 2. The van der Waals surface area contributed by atoms with Gasteiger partial charge in [-0.05, 0) is 12.1 Å². The summed E-state index contributed by atoms with van der Waals surface area (Å²) in [5.74, 6) is -1.31. The van der Waals surface area contributed by atoms with Crippen molar-refractivity contribution in [2.75, 3.05) is 5.32 Å². The topological polar surface area (TPSA) is 79.3 Å². The maximum atomic E-state index is 11.1. The first-order valence-electron chi connectivity index (χ1n) is 4.23. The Bertz CT molecular complexity index is 384. The van der Waals surface area contributed by atoms with Gasteiger partial charge in [0, 0.05) is 6.42 Å². The van der Waals surface area contributed by atoms with Gasteiger partial charge in [0.25, 0.3) is 0 Å². The van der Waals surface area contributed by atoms with Crippen LogP contribution in [0.1, 0.15) is 16.9 Å². The highest BCUT2D eigenvalue weighted by molar-refractivity contribution is 5.92. The van der Waals surface area contributed by atoms with Gasteiger partial charge in [-0.2, -0.15) is 0 Å². The molecule has 0 atom stereocenters. The van der Waals surface area contributed by atoms with Gasteiger partial charge in [-0.3, -0.25) is 4.79 Å². The molecule has 15 heavy (non-hydrogen) atoms. The number of aromatic nitrogens is 1. The molecule has 0 spiro atoms. The summed E-state index contributed by atoms with van der Waals surface area (Å²) in [4.78, 5) is 25.2. The molecule has 2 N–H and O–H groups in total. The molecule has 1 heterocycles. The molecule has 0 radical (unpaired) electrons. The van der Waals surface area contributed by atoms with Crippen LogP contribution in [0.3, 0.4) is 0 Å².